The van der Waals surface area contributed by atoms with Crippen LogP contribution in [0.3, 0.4) is 0 Å². The van der Waals surface area contributed by atoms with Gasteiger partial charge in [0.25, 0.3) is 5.91 Å². The standard InChI is InChI=1S/C16H16F2N2O/c1-10(6-11-2-4-13(17)5-3-11)20-16(21)12-7-14(18)9-15(19)8-12/h2-5,7-10H,6,19H2,1H3,(H,20,21). The number of carbonyl (C=O) groups excluding carboxylic acids is 1. The molecular formula is C16H16F2N2O. The number of halogens is 2. The van der Waals surface area contributed by atoms with Gasteiger partial charge in [0, 0.05) is 17.3 Å². The number of nitrogens with two attached hydrogens (primary N) is 1. The zero-order valence-corrected chi connectivity index (χ0v) is 11.6. The smallest absolute Gasteiger partial charge is 0.251 e. The average molecular weight is 290 g/mol. The van der Waals surface area contributed by atoms with Gasteiger partial charge in [-0.15, -0.1) is 0 Å². The number of hydrogen-bond acceptors (Lipinski definition) is 2. The summed E-state index contributed by atoms with van der Waals surface area (Å²) in [6, 6.07) is 9.61. The lowest BCUT2D eigenvalue weighted by atomic mass is 10.1. The fourth-order valence-electron chi connectivity index (χ4n) is 2.08. The second-order valence-electron chi connectivity index (χ2n) is 4.98. The second-order valence-corrected chi connectivity index (χ2v) is 4.98. The van der Waals surface area contributed by atoms with Gasteiger partial charge in [0.2, 0.25) is 0 Å². The molecule has 2 aromatic carbocycles. The van der Waals surface area contributed by atoms with Crippen LogP contribution in [0, 0.1) is 11.6 Å². The van der Waals surface area contributed by atoms with Crippen LogP contribution in [0.15, 0.2) is 42.5 Å². The Morgan fingerprint density at radius 2 is 1.81 bits per heavy atom. The van der Waals surface area contributed by atoms with Crippen LogP contribution in [0.25, 0.3) is 0 Å². The molecule has 5 heteroatoms. The van der Waals surface area contributed by atoms with Crippen molar-refractivity contribution in [2.75, 3.05) is 5.73 Å². The fraction of sp³-hybridized carbons (Fsp3) is 0.188. The average Bonchev–Trinajstić information content (AvgIpc) is 2.40. The van der Waals surface area contributed by atoms with Gasteiger partial charge in [-0.2, -0.15) is 0 Å². The van der Waals surface area contributed by atoms with Crippen LogP contribution < -0.4 is 11.1 Å². The zero-order chi connectivity index (χ0) is 15.4. The summed E-state index contributed by atoms with van der Waals surface area (Å²) in [4.78, 5) is 12.0. The van der Waals surface area contributed by atoms with E-state index in [0.717, 1.165) is 17.7 Å². The van der Waals surface area contributed by atoms with E-state index in [-0.39, 0.29) is 23.1 Å². The first-order valence-electron chi connectivity index (χ1n) is 6.55. The van der Waals surface area contributed by atoms with Crippen molar-refractivity contribution < 1.29 is 13.6 Å². The summed E-state index contributed by atoms with van der Waals surface area (Å²) in [5.41, 5.74) is 6.80. The van der Waals surface area contributed by atoms with Crippen molar-refractivity contribution in [1.82, 2.24) is 5.32 Å². The molecule has 0 spiro atoms. The zero-order valence-electron chi connectivity index (χ0n) is 11.6. The number of nitrogen functional groups attached to an aromatic ring is 1. The number of carbonyl (C=O) groups is 1. The Morgan fingerprint density at radius 1 is 1.14 bits per heavy atom. The number of hydrogen-bond donors (Lipinski definition) is 2. The van der Waals surface area contributed by atoms with Crippen LogP contribution >= 0.6 is 0 Å². The Morgan fingerprint density at radius 3 is 2.43 bits per heavy atom. The Balaban J connectivity index is 2.00. The van der Waals surface area contributed by atoms with E-state index >= 15 is 0 Å². The monoisotopic (exact) mass is 290 g/mol. The molecule has 0 radical (unpaired) electrons. The molecule has 0 aromatic heterocycles. The molecule has 0 saturated carbocycles. The molecule has 0 aliphatic rings. The second kappa shape index (κ2) is 6.35. The molecule has 1 amide bonds. The highest BCUT2D eigenvalue weighted by Crippen LogP contribution is 2.11. The lowest BCUT2D eigenvalue weighted by molar-refractivity contribution is 0.0939. The lowest BCUT2D eigenvalue weighted by Gasteiger charge is -2.14. The summed E-state index contributed by atoms with van der Waals surface area (Å²) in [7, 11) is 0. The Kier molecular flexibility index (Phi) is 4.52. The van der Waals surface area contributed by atoms with Gasteiger partial charge in [-0.3, -0.25) is 4.79 Å². The molecule has 0 aliphatic carbocycles. The summed E-state index contributed by atoms with van der Waals surface area (Å²) in [5, 5.41) is 2.76. The van der Waals surface area contributed by atoms with Crippen molar-refractivity contribution in [2.24, 2.45) is 0 Å². The number of amides is 1. The minimum absolute atomic E-state index is 0.174. The van der Waals surface area contributed by atoms with Crippen molar-refractivity contribution in [3.8, 4) is 0 Å². The normalized spacial score (nSPS) is 12.0. The molecule has 2 rings (SSSR count). The summed E-state index contributed by atoms with van der Waals surface area (Å²) in [6.45, 7) is 1.82. The molecule has 3 nitrogen and oxygen atoms in total. The largest absolute Gasteiger partial charge is 0.399 e. The van der Waals surface area contributed by atoms with E-state index in [1.165, 1.54) is 18.2 Å². The molecule has 1 unspecified atom stereocenters. The summed E-state index contributed by atoms with van der Waals surface area (Å²) in [6.07, 6.45) is 0.552. The van der Waals surface area contributed by atoms with Gasteiger partial charge in [-0.1, -0.05) is 12.1 Å². The quantitative estimate of drug-likeness (QED) is 0.851. The van der Waals surface area contributed by atoms with Gasteiger partial charge in [0.15, 0.2) is 0 Å². The highest BCUT2D eigenvalue weighted by atomic mass is 19.1. The minimum Gasteiger partial charge on any atom is -0.399 e. The first-order valence-corrected chi connectivity index (χ1v) is 6.55. The van der Waals surface area contributed by atoms with Gasteiger partial charge < -0.3 is 11.1 Å². The van der Waals surface area contributed by atoms with Crippen LogP contribution in [-0.2, 0) is 6.42 Å². The van der Waals surface area contributed by atoms with Crippen molar-refractivity contribution in [1.29, 1.82) is 0 Å². The Bertz CT molecular complexity index is 621. The van der Waals surface area contributed by atoms with Gasteiger partial charge in [-0.05, 0) is 49.2 Å². The molecule has 0 heterocycles. The first-order chi connectivity index (χ1) is 9.94. The van der Waals surface area contributed by atoms with E-state index in [1.807, 2.05) is 6.92 Å². The van der Waals surface area contributed by atoms with E-state index in [1.54, 1.807) is 12.1 Å². The predicted molar refractivity (Wildman–Crippen MR) is 77.8 cm³/mol. The maximum Gasteiger partial charge on any atom is 0.251 e. The topological polar surface area (TPSA) is 55.1 Å². The highest BCUT2D eigenvalue weighted by molar-refractivity contribution is 5.95. The molecule has 21 heavy (non-hydrogen) atoms. The third-order valence-electron chi connectivity index (χ3n) is 3.01. The first kappa shape index (κ1) is 15.0. The maximum absolute atomic E-state index is 13.2. The molecule has 0 saturated heterocycles. The van der Waals surface area contributed by atoms with E-state index in [0.29, 0.717) is 6.42 Å². The third-order valence-corrected chi connectivity index (χ3v) is 3.01. The van der Waals surface area contributed by atoms with Gasteiger partial charge in [0.05, 0.1) is 0 Å². The SMILES string of the molecule is CC(Cc1ccc(F)cc1)NC(=O)c1cc(N)cc(F)c1. The third kappa shape index (κ3) is 4.27. The van der Waals surface area contributed by atoms with Crippen molar-refractivity contribution >= 4 is 11.6 Å². The molecule has 1 atom stereocenters. The number of rotatable bonds is 4. The Hall–Kier alpha value is -2.43. The van der Waals surface area contributed by atoms with Crippen LogP contribution in [0.4, 0.5) is 14.5 Å². The molecule has 0 fully saturated rings. The molecule has 2 aromatic rings. The van der Waals surface area contributed by atoms with Crippen molar-refractivity contribution in [3.63, 3.8) is 0 Å². The van der Waals surface area contributed by atoms with Gasteiger partial charge >= 0.3 is 0 Å². The lowest BCUT2D eigenvalue weighted by Crippen LogP contribution is -2.34. The minimum atomic E-state index is -0.550. The van der Waals surface area contributed by atoms with Gasteiger partial charge in [-0.25, -0.2) is 8.78 Å². The van der Waals surface area contributed by atoms with E-state index in [2.05, 4.69) is 5.32 Å². The molecular weight excluding hydrogens is 274 g/mol. The highest BCUT2D eigenvalue weighted by Gasteiger charge is 2.12. The maximum atomic E-state index is 13.2. The summed E-state index contributed by atoms with van der Waals surface area (Å²) in [5.74, 6) is -1.24. The summed E-state index contributed by atoms with van der Waals surface area (Å²) < 4.78 is 26.0. The number of nitrogens with one attached hydrogen (secondary N) is 1. The van der Waals surface area contributed by atoms with Crippen molar-refractivity contribution in [3.05, 3.63) is 65.2 Å². The molecule has 0 aliphatic heterocycles. The predicted octanol–water partition coefficient (Wildman–Crippen LogP) is 2.91. The molecule has 110 valence electrons. The van der Waals surface area contributed by atoms with E-state index in [4.69, 9.17) is 5.73 Å². The molecule has 3 N–H and O–H groups in total. The molecule has 0 bridgehead atoms. The number of benzene rings is 2. The fourth-order valence-corrected chi connectivity index (χ4v) is 2.08. The van der Waals surface area contributed by atoms with Crippen LogP contribution in [0.5, 0.6) is 0 Å². The van der Waals surface area contributed by atoms with E-state index < -0.39 is 11.7 Å². The van der Waals surface area contributed by atoms with Crippen LogP contribution in [-0.4, -0.2) is 11.9 Å². The number of anilines is 1. The van der Waals surface area contributed by atoms with Crippen LogP contribution in [0.2, 0.25) is 0 Å². The van der Waals surface area contributed by atoms with Crippen molar-refractivity contribution in [2.45, 2.75) is 19.4 Å². The van der Waals surface area contributed by atoms with E-state index in [9.17, 15) is 13.6 Å². The Labute approximate surface area is 121 Å². The van der Waals surface area contributed by atoms with Crippen LogP contribution in [0.1, 0.15) is 22.8 Å². The van der Waals surface area contributed by atoms with Gasteiger partial charge in [0.1, 0.15) is 11.6 Å². The summed E-state index contributed by atoms with van der Waals surface area (Å²) >= 11 is 0.